The molecule has 0 spiro atoms. The molecule has 0 atom stereocenters. The quantitative estimate of drug-likeness (QED) is 0.708. The number of benzene rings is 1. The minimum absolute atomic E-state index is 0.403. The van der Waals surface area contributed by atoms with Gasteiger partial charge in [-0.25, -0.2) is 9.97 Å². The normalized spacial score (nSPS) is 20.3. The van der Waals surface area contributed by atoms with Gasteiger partial charge in [-0.2, -0.15) is 0 Å². The number of ether oxygens (including phenoxy) is 1. The van der Waals surface area contributed by atoms with Crippen molar-refractivity contribution in [2.45, 2.75) is 59.3 Å². The molecule has 1 aromatic heterocycles. The minimum atomic E-state index is 0.403. The molecule has 3 nitrogen and oxygen atoms in total. The van der Waals surface area contributed by atoms with Crippen LogP contribution in [0.5, 0.6) is 11.8 Å². The zero-order valence-electron chi connectivity index (χ0n) is 14.7. The number of hydrogen-bond acceptors (Lipinski definition) is 3. The SMILES string of the molecule is CC.Cc1cnc(Oc2ccc(C3CCC(C)CC3)cc2)nc1. The van der Waals surface area contributed by atoms with Crippen LogP contribution < -0.4 is 4.74 Å². The van der Waals surface area contributed by atoms with Crippen molar-refractivity contribution in [3.05, 3.63) is 47.8 Å². The third-order valence-corrected chi connectivity index (χ3v) is 4.33. The number of rotatable bonds is 3. The predicted octanol–water partition coefficient (Wildman–Crippen LogP) is 5.90. The summed E-state index contributed by atoms with van der Waals surface area (Å²) in [5, 5.41) is 0. The summed E-state index contributed by atoms with van der Waals surface area (Å²) in [6, 6.07) is 8.82. The van der Waals surface area contributed by atoms with Crippen LogP contribution in [0, 0.1) is 12.8 Å². The number of hydrogen-bond donors (Lipinski definition) is 0. The Kier molecular flexibility index (Phi) is 6.57. The topological polar surface area (TPSA) is 35.0 Å². The van der Waals surface area contributed by atoms with E-state index >= 15 is 0 Å². The summed E-state index contributed by atoms with van der Waals surface area (Å²) in [5.74, 6) is 2.40. The maximum atomic E-state index is 5.67. The Bertz CT molecular complexity index is 570. The first-order valence-corrected chi connectivity index (χ1v) is 8.77. The fourth-order valence-corrected chi connectivity index (χ4v) is 2.94. The van der Waals surface area contributed by atoms with Gasteiger partial charge in [-0.1, -0.05) is 45.7 Å². The van der Waals surface area contributed by atoms with Crippen LogP contribution in [0.1, 0.15) is 63.5 Å². The van der Waals surface area contributed by atoms with Crippen molar-refractivity contribution in [1.82, 2.24) is 9.97 Å². The third-order valence-electron chi connectivity index (χ3n) is 4.33. The molecule has 1 fully saturated rings. The fourth-order valence-electron chi connectivity index (χ4n) is 2.94. The largest absolute Gasteiger partial charge is 0.424 e. The van der Waals surface area contributed by atoms with E-state index in [0.717, 1.165) is 17.2 Å². The lowest BCUT2D eigenvalue weighted by Crippen LogP contribution is -2.10. The van der Waals surface area contributed by atoms with Crippen LogP contribution in [0.25, 0.3) is 0 Å². The lowest BCUT2D eigenvalue weighted by atomic mass is 9.79. The lowest BCUT2D eigenvalue weighted by Gasteiger charge is -2.26. The maximum absolute atomic E-state index is 5.67. The summed E-state index contributed by atoms with van der Waals surface area (Å²) in [6.45, 7) is 8.32. The highest BCUT2D eigenvalue weighted by Gasteiger charge is 2.19. The summed E-state index contributed by atoms with van der Waals surface area (Å²) in [7, 11) is 0. The molecule has 0 aliphatic heterocycles. The smallest absolute Gasteiger partial charge is 0.321 e. The molecule has 1 heterocycles. The maximum Gasteiger partial charge on any atom is 0.321 e. The molecule has 1 aliphatic rings. The number of aromatic nitrogens is 2. The Morgan fingerprint density at radius 2 is 1.48 bits per heavy atom. The van der Waals surface area contributed by atoms with E-state index in [9.17, 15) is 0 Å². The first-order chi connectivity index (χ1) is 11.2. The molecule has 0 unspecified atom stereocenters. The standard InChI is InChI=1S/C18H22N2O.C2H6/c1-13-3-5-15(6-4-13)16-7-9-17(10-8-16)21-18-19-11-14(2)12-20-18;1-2/h7-13,15H,3-6H2,1-2H3;1-2H3. The van der Waals surface area contributed by atoms with Gasteiger partial charge in [0.25, 0.3) is 0 Å². The van der Waals surface area contributed by atoms with Gasteiger partial charge in [-0.15, -0.1) is 0 Å². The van der Waals surface area contributed by atoms with Crippen molar-refractivity contribution in [3.8, 4) is 11.8 Å². The zero-order chi connectivity index (χ0) is 16.7. The van der Waals surface area contributed by atoms with E-state index in [0.29, 0.717) is 11.9 Å². The van der Waals surface area contributed by atoms with E-state index in [4.69, 9.17) is 4.74 Å². The Balaban J connectivity index is 0.000000924. The van der Waals surface area contributed by atoms with Gasteiger partial charge in [-0.3, -0.25) is 0 Å². The summed E-state index contributed by atoms with van der Waals surface area (Å²) in [4.78, 5) is 8.32. The second-order valence-electron chi connectivity index (χ2n) is 6.17. The summed E-state index contributed by atoms with van der Waals surface area (Å²) >= 11 is 0. The molecular weight excluding hydrogens is 284 g/mol. The van der Waals surface area contributed by atoms with Crippen molar-refractivity contribution in [2.75, 3.05) is 0 Å². The van der Waals surface area contributed by atoms with Gasteiger partial charge >= 0.3 is 6.01 Å². The molecule has 23 heavy (non-hydrogen) atoms. The molecule has 0 saturated heterocycles. The zero-order valence-corrected chi connectivity index (χ0v) is 14.7. The van der Waals surface area contributed by atoms with E-state index in [1.54, 1.807) is 12.4 Å². The molecule has 0 N–H and O–H groups in total. The van der Waals surface area contributed by atoms with Crippen LogP contribution in [0.15, 0.2) is 36.7 Å². The number of nitrogens with zero attached hydrogens (tertiary/aromatic N) is 2. The highest BCUT2D eigenvalue weighted by molar-refractivity contribution is 5.31. The predicted molar refractivity (Wildman–Crippen MR) is 95.0 cm³/mol. The van der Waals surface area contributed by atoms with E-state index in [1.165, 1.54) is 31.2 Å². The molecule has 0 amide bonds. The van der Waals surface area contributed by atoms with E-state index in [2.05, 4.69) is 29.0 Å². The lowest BCUT2D eigenvalue weighted by molar-refractivity contribution is 0.347. The molecule has 2 aromatic rings. The second-order valence-corrected chi connectivity index (χ2v) is 6.17. The average molecular weight is 312 g/mol. The molecule has 1 aliphatic carbocycles. The Hall–Kier alpha value is -1.90. The molecule has 0 radical (unpaired) electrons. The third kappa shape index (κ3) is 5.05. The van der Waals surface area contributed by atoms with Gasteiger partial charge in [0, 0.05) is 12.4 Å². The molecule has 124 valence electrons. The van der Waals surface area contributed by atoms with Crippen LogP contribution in [0.2, 0.25) is 0 Å². The summed E-state index contributed by atoms with van der Waals surface area (Å²) in [6.07, 6.45) is 8.84. The van der Waals surface area contributed by atoms with Gasteiger partial charge < -0.3 is 4.74 Å². The highest BCUT2D eigenvalue weighted by atomic mass is 16.5. The van der Waals surface area contributed by atoms with Crippen LogP contribution >= 0.6 is 0 Å². The molecule has 1 saturated carbocycles. The van der Waals surface area contributed by atoms with E-state index < -0.39 is 0 Å². The van der Waals surface area contributed by atoms with Crippen molar-refractivity contribution in [1.29, 1.82) is 0 Å². The van der Waals surface area contributed by atoms with Gasteiger partial charge in [-0.05, 0) is 54.9 Å². The van der Waals surface area contributed by atoms with E-state index in [1.807, 2.05) is 32.9 Å². The monoisotopic (exact) mass is 312 g/mol. The van der Waals surface area contributed by atoms with Crippen LogP contribution in [-0.2, 0) is 0 Å². The Morgan fingerprint density at radius 3 is 2.04 bits per heavy atom. The molecule has 1 aromatic carbocycles. The Morgan fingerprint density at radius 1 is 0.913 bits per heavy atom. The van der Waals surface area contributed by atoms with Gasteiger partial charge in [0.2, 0.25) is 0 Å². The molecular formula is C20H28N2O. The molecule has 3 heteroatoms. The van der Waals surface area contributed by atoms with Crippen LogP contribution in [0.4, 0.5) is 0 Å². The van der Waals surface area contributed by atoms with Gasteiger partial charge in [0.1, 0.15) is 5.75 Å². The van der Waals surface area contributed by atoms with Gasteiger partial charge in [0.15, 0.2) is 0 Å². The van der Waals surface area contributed by atoms with Crippen LogP contribution in [-0.4, -0.2) is 9.97 Å². The van der Waals surface area contributed by atoms with Crippen molar-refractivity contribution < 1.29 is 4.74 Å². The second kappa shape index (κ2) is 8.66. The van der Waals surface area contributed by atoms with Crippen molar-refractivity contribution >= 4 is 0 Å². The Labute approximate surface area is 140 Å². The summed E-state index contributed by atoms with van der Waals surface area (Å²) in [5.41, 5.74) is 2.46. The highest BCUT2D eigenvalue weighted by Crippen LogP contribution is 2.36. The van der Waals surface area contributed by atoms with Crippen molar-refractivity contribution in [2.24, 2.45) is 5.92 Å². The average Bonchev–Trinajstić information content (AvgIpc) is 2.60. The van der Waals surface area contributed by atoms with Gasteiger partial charge in [0.05, 0.1) is 0 Å². The number of aryl methyl sites for hydroxylation is 1. The van der Waals surface area contributed by atoms with E-state index in [-0.39, 0.29) is 0 Å². The van der Waals surface area contributed by atoms with Crippen molar-refractivity contribution in [3.63, 3.8) is 0 Å². The minimum Gasteiger partial charge on any atom is -0.424 e. The molecule has 3 rings (SSSR count). The molecule has 0 bridgehead atoms. The van der Waals surface area contributed by atoms with Crippen LogP contribution in [0.3, 0.4) is 0 Å². The first-order valence-electron chi connectivity index (χ1n) is 8.77. The first kappa shape index (κ1) is 17.5. The summed E-state index contributed by atoms with van der Waals surface area (Å²) < 4.78 is 5.67. The fraction of sp³-hybridized carbons (Fsp3) is 0.500.